The van der Waals surface area contributed by atoms with Crippen LogP contribution in [0, 0.1) is 5.92 Å². The van der Waals surface area contributed by atoms with Gasteiger partial charge in [-0.25, -0.2) is 0 Å². The fraction of sp³-hybridized carbons (Fsp3) is 0.600. The highest BCUT2D eigenvalue weighted by molar-refractivity contribution is 5.57. The second-order valence-corrected chi connectivity index (χ2v) is 6.47. The third kappa shape index (κ3) is 6.65. The van der Waals surface area contributed by atoms with Gasteiger partial charge in [0, 0.05) is 18.8 Å². The molecule has 1 aliphatic carbocycles. The van der Waals surface area contributed by atoms with Gasteiger partial charge >= 0.3 is 0 Å². The molecule has 0 aliphatic heterocycles. The lowest BCUT2D eigenvalue weighted by Crippen LogP contribution is -2.17. The van der Waals surface area contributed by atoms with Crippen molar-refractivity contribution in [1.82, 2.24) is 5.32 Å². The molecule has 1 aromatic carbocycles. The smallest absolute Gasteiger partial charge is 0.0346 e. The van der Waals surface area contributed by atoms with Crippen LogP contribution in [0.3, 0.4) is 0 Å². The minimum Gasteiger partial charge on any atom is -0.385 e. The van der Waals surface area contributed by atoms with Gasteiger partial charge in [-0.1, -0.05) is 56.9 Å². The molecule has 0 radical (unpaired) electrons. The van der Waals surface area contributed by atoms with Crippen molar-refractivity contribution in [2.75, 3.05) is 25.0 Å². The summed E-state index contributed by atoms with van der Waals surface area (Å²) in [7, 11) is 0. The van der Waals surface area contributed by atoms with Crippen LogP contribution in [0.15, 0.2) is 30.3 Å². The number of anilines is 1. The summed E-state index contributed by atoms with van der Waals surface area (Å²) in [6.07, 6.45) is 14.0. The van der Waals surface area contributed by atoms with E-state index in [1.165, 1.54) is 56.2 Å². The summed E-state index contributed by atoms with van der Waals surface area (Å²) in [6, 6.07) is 8.76. The normalized spacial score (nSPS) is 16.2. The van der Waals surface area contributed by atoms with Crippen molar-refractivity contribution in [1.29, 1.82) is 0 Å². The van der Waals surface area contributed by atoms with Gasteiger partial charge in [0.2, 0.25) is 0 Å². The highest BCUT2D eigenvalue weighted by Gasteiger charge is 2.12. The van der Waals surface area contributed by atoms with E-state index in [0.717, 1.165) is 25.6 Å². The van der Waals surface area contributed by atoms with Crippen LogP contribution in [0.5, 0.6) is 0 Å². The zero-order valence-electron chi connectivity index (χ0n) is 14.1. The second kappa shape index (κ2) is 10.4. The standard InChI is InChI=1S/C20H32N2/c1-2-3-14-21-15-8-12-18-11-7-13-20(16-18)22-17-19-9-5-4-6-10-19/h7-8,11-13,16,19,21-22H,2-6,9-10,14-15,17H2,1H3. The van der Waals surface area contributed by atoms with Gasteiger partial charge in [0.25, 0.3) is 0 Å². The lowest BCUT2D eigenvalue weighted by molar-refractivity contribution is 0.373. The maximum atomic E-state index is 3.62. The van der Waals surface area contributed by atoms with Crippen molar-refractivity contribution >= 4 is 11.8 Å². The van der Waals surface area contributed by atoms with Crippen molar-refractivity contribution in [2.24, 2.45) is 5.92 Å². The van der Waals surface area contributed by atoms with Gasteiger partial charge in [-0.15, -0.1) is 0 Å². The molecule has 122 valence electrons. The van der Waals surface area contributed by atoms with Gasteiger partial charge in [0.15, 0.2) is 0 Å². The molecule has 1 aliphatic rings. The van der Waals surface area contributed by atoms with E-state index >= 15 is 0 Å². The van der Waals surface area contributed by atoms with Crippen molar-refractivity contribution in [3.8, 4) is 0 Å². The first-order chi connectivity index (χ1) is 10.9. The Kier molecular flexibility index (Phi) is 8.11. The molecule has 0 bridgehead atoms. The van der Waals surface area contributed by atoms with Crippen molar-refractivity contribution in [2.45, 2.75) is 51.9 Å². The van der Waals surface area contributed by atoms with Crippen molar-refractivity contribution in [3.63, 3.8) is 0 Å². The molecule has 0 aromatic heterocycles. The maximum absolute atomic E-state index is 3.62. The van der Waals surface area contributed by atoms with Gasteiger partial charge in [-0.05, 0) is 49.4 Å². The van der Waals surface area contributed by atoms with Gasteiger partial charge < -0.3 is 10.6 Å². The van der Waals surface area contributed by atoms with Crippen LogP contribution in [0.2, 0.25) is 0 Å². The Hall–Kier alpha value is -1.28. The Bertz CT molecular complexity index is 433. The summed E-state index contributed by atoms with van der Waals surface area (Å²) >= 11 is 0. The van der Waals surface area contributed by atoms with Gasteiger partial charge in [-0.2, -0.15) is 0 Å². The average Bonchev–Trinajstić information content (AvgIpc) is 2.57. The number of rotatable bonds is 9. The number of benzene rings is 1. The first-order valence-electron chi connectivity index (χ1n) is 9.09. The predicted octanol–water partition coefficient (Wildman–Crippen LogP) is 5.08. The summed E-state index contributed by atoms with van der Waals surface area (Å²) in [5.74, 6) is 0.871. The van der Waals surface area contributed by atoms with Crippen LogP contribution in [0.25, 0.3) is 6.08 Å². The molecule has 2 heteroatoms. The minimum absolute atomic E-state index is 0.871. The third-order valence-electron chi connectivity index (χ3n) is 4.49. The minimum atomic E-state index is 0.871. The Morgan fingerprint density at radius 1 is 1.18 bits per heavy atom. The Balaban J connectivity index is 1.73. The van der Waals surface area contributed by atoms with Crippen LogP contribution in [0.4, 0.5) is 5.69 Å². The Morgan fingerprint density at radius 2 is 2.05 bits per heavy atom. The SMILES string of the molecule is CCCCNCC=Cc1cccc(NCC2CCCCC2)c1. The first-order valence-corrected chi connectivity index (χ1v) is 9.09. The average molecular weight is 300 g/mol. The largest absolute Gasteiger partial charge is 0.385 e. The molecule has 0 unspecified atom stereocenters. The summed E-state index contributed by atoms with van der Waals surface area (Å²) in [5.41, 5.74) is 2.54. The number of hydrogen-bond acceptors (Lipinski definition) is 2. The number of unbranched alkanes of at least 4 members (excludes halogenated alkanes) is 1. The lowest BCUT2D eigenvalue weighted by Gasteiger charge is -2.22. The predicted molar refractivity (Wildman–Crippen MR) is 98.3 cm³/mol. The molecule has 2 nitrogen and oxygen atoms in total. The summed E-state index contributed by atoms with van der Waals surface area (Å²) in [5, 5.41) is 7.06. The molecule has 0 amide bonds. The van der Waals surface area contributed by atoms with Crippen molar-refractivity contribution < 1.29 is 0 Å². The zero-order chi connectivity index (χ0) is 15.5. The van der Waals surface area contributed by atoms with E-state index < -0.39 is 0 Å². The molecule has 2 N–H and O–H groups in total. The first kappa shape index (κ1) is 17.1. The molecular weight excluding hydrogens is 268 g/mol. The summed E-state index contributed by atoms with van der Waals surface area (Å²) in [6.45, 7) is 5.43. The second-order valence-electron chi connectivity index (χ2n) is 6.47. The van der Waals surface area contributed by atoms with E-state index in [0.29, 0.717) is 0 Å². The van der Waals surface area contributed by atoms with Crippen LogP contribution in [0.1, 0.15) is 57.4 Å². The molecule has 2 rings (SSSR count). The van der Waals surface area contributed by atoms with Gasteiger partial charge in [-0.3, -0.25) is 0 Å². The Morgan fingerprint density at radius 3 is 2.86 bits per heavy atom. The van der Waals surface area contributed by atoms with E-state index in [4.69, 9.17) is 0 Å². The quantitative estimate of drug-likeness (QED) is 0.621. The number of nitrogens with one attached hydrogen (secondary N) is 2. The molecular formula is C20H32N2. The topological polar surface area (TPSA) is 24.1 Å². The lowest BCUT2D eigenvalue weighted by atomic mass is 9.89. The third-order valence-corrected chi connectivity index (χ3v) is 4.49. The molecule has 0 heterocycles. The Labute approximate surface area is 136 Å². The number of hydrogen-bond donors (Lipinski definition) is 2. The highest BCUT2D eigenvalue weighted by Crippen LogP contribution is 2.24. The highest BCUT2D eigenvalue weighted by atomic mass is 14.9. The molecule has 0 saturated heterocycles. The maximum Gasteiger partial charge on any atom is 0.0346 e. The van der Waals surface area contributed by atoms with Crippen LogP contribution >= 0.6 is 0 Å². The fourth-order valence-corrected chi connectivity index (χ4v) is 3.09. The van der Waals surface area contributed by atoms with Gasteiger partial charge in [0.05, 0.1) is 0 Å². The van der Waals surface area contributed by atoms with Gasteiger partial charge in [0.1, 0.15) is 0 Å². The fourth-order valence-electron chi connectivity index (χ4n) is 3.09. The van der Waals surface area contributed by atoms with Crippen LogP contribution < -0.4 is 10.6 Å². The summed E-state index contributed by atoms with van der Waals surface area (Å²) < 4.78 is 0. The van der Waals surface area contributed by atoms with Crippen molar-refractivity contribution in [3.05, 3.63) is 35.9 Å². The molecule has 0 spiro atoms. The van der Waals surface area contributed by atoms with E-state index in [1.54, 1.807) is 0 Å². The monoisotopic (exact) mass is 300 g/mol. The zero-order valence-corrected chi connectivity index (χ0v) is 14.1. The molecule has 0 atom stereocenters. The van der Waals surface area contributed by atoms with E-state index in [2.05, 4.69) is 54.0 Å². The van der Waals surface area contributed by atoms with E-state index in [1.807, 2.05) is 0 Å². The van der Waals surface area contributed by atoms with E-state index in [9.17, 15) is 0 Å². The molecule has 22 heavy (non-hydrogen) atoms. The van der Waals surface area contributed by atoms with Crippen LogP contribution in [-0.4, -0.2) is 19.6 Å². The molecule has 1 saturated carbocycles. The molecule has 1 aromatic rings. The summed E-state index contributed by atoms with van der Waals surface area (Å²) in [4.78, 5) is 0. The molecule has 1 fully saturated rings. The van der Waals surface area contributed by atoms with Crippen LogP contribution in [-0.2, 0) is 0 Å². The van der Waals surface area contributed by atoms with E-state index in [-0.39, 0.29) is 0 Å².